The van der Waals surface area contributed by atoms with Crippen LogP contribution in [0.25, 0.3) is 0 Å². The van der Waals surface area contributed by atoms with Gasteiger partial charge >= 0.3 is 5.97 Å². The van der Waals surface area contributed by atoms with E-state index in [4.69, 9.17) is 14.6 Å². The number of hydrogen-bond acceptors (Lipinski definition) is 5. The predicted molar refractivity (Wildman–Crippen MR) is 156 cm³/mol. The maximum atomic E-state index is 12.4. The number of nitrogens with one attached hydrogen (secondary N) is 1. The largest absolute Gasteiger partial charge is 0.481 e. The number of nitrogens with zero attached hydrogens (tertiary/aromatic N) is 1. The summed E-state index contributed by atoms with van der Waals surface area (Å²) in [5.41, 5.74) is 4.05. The summed E-state index contributed by atoms with van der Waals surface area (Å²) in [5, 5.41) is 11.7. The van der Waals surface area contributed by atoms with Gasteiger partial charge in [-0.1, -0.05) is 85.6 Å². The lowest BCUT2D eigenvalue weighted by atomic mass is 10.0. The monoisotopic (exact) mass is 544 g/mol. The Bertz CT molecular complexity index is 1190. The van der Waals surface area contributed by atoms with Crippen LogP contribution in [0.3, 0.4) is 0 Å². The van der Waals surface area contributed by atoms with Crippen molar-refractivity contribution in [2.75, 3.05) is 18.9 Å². The summed E-state index contributed by atoms with van der Waals surface area (Å²) in [7, 11) is 2.12. The Labute approximate surface area is 237 Å². The molecule has 0 bridgehead atoms. The zero-order valence-electron chi connectivity index (χ0n) is 23.2. The number of rotatable bonds is 14. The summed E-state index contributed by atoms with van der Waals surface area (Å²) in [4.78, 5) is 25.2. The first-order valence-electron chi connectivity index (χ1n) is 14.2. The van der Waals surface area contributed by atoms with Gasteiger partial charge in [0.2, 0.25) is 5.91 Å². The minimum Gasteiger partial charge on any atom is -0.481 e. The summed E-state index contributed by atoms with van der Waals surface area (Å²) in [6, 6.07) is 28.4. The number of carbonyl (C=O) groups is 2. The van der Waals surface area contributed by atoms with E-state index in [1.54, 1.807) is 0 Å². The maximum absolute atomic E-state index is 12.4. The van der Waals surface area contributed by atoms with Gasteiger partial charge in [0.1, 0.15) is 0 Å². The zero-order valence-corrected chi connectivity index (χ0v) is 23.2. The number of carbonyl (C=O) groups excluding carboxylic acids is 1. The van der Waals surface area contributed by atoms with Crippen LogP contribution in [0.1, 0.15) is 74.0 Å². The lowest BCUT2D eigenvalue weighted by Gasteiger charge is -2.37. The summed E-state index contributed by atoms with van der Waals surface area (Å²) in [5.74, 6) is -0.812. The molecule has 1 fully saturated rings. The van der Waals surface area contributed by atoms with Crippen LogP contribution in [0.15, 0.2) is 84.9 Å². The van der Waals surface area contributed by atoms with Crippen LogP contribution in [-0.4, -0.2) is 41.6 Å². The van der Waals surface area contributed by atoms with Crippen molar-refractivity contribution >= 4 is 17.6 Å². The van der Waals surface area contributed by atoms with E-state index in [0.29, 0.717) is 12.8 Å². The number of ether oxygens (including phenoxy) is 2. The molecule has 1 amide bonds. The Morgan fingerprint density at radius 2 is 1.48 bits per heavy atom. The van der Waals surface area contributed by atoms with Crippen LogP contribution in [0, 0.1) is 0 Å². The van der Waals surface area contributed by atoms with Crippen molar-refractivity contribution in [3.05, 3.63) is 102 Å². The average molecular weight is 545 g/mol. The van der Waals surface area contributed by atoms with E-state index < -0.39 is 12.3 Å². The van der Waals surface area contributed by atoms with Gasteiger partial charge in [0.25, 0.3) is 0 Å². The molecule has 3 unspecified atom stereocenters. The topological polar surface area (TPSA) is 88.1 Å². The first-order valence-corrected chi connectivity index (χ1v) is 14.2. The number of aliphatic carboxylic acids is 1. The van der Waals surface area contributed by atoms with Gasteiger partial charge in [-0.25, -0.2) is 0 Å². The molecular formula is C33H40N2O5. The number of anilines is 1. The molecule has 7 heteroatoms. The Balaban J connectivity index is 1.33. The second kappa shape index (κ2) is 15.3. The maximum Gasteiger partial charge on any atom is 0.303 e. The third-order valence-electron chi connectivity index (χ3n) is 7.07. The number of amides is 1. The standard InChI is InChI=1S/C33H40N2O5/c1-35(23-25-12-6-4-7-13-25)24-29-22-30(26-14-8-5-9-15-26)40-33(39-29)27-18-20-28(21-19-27)34-31(36)16-10-2-3-11-17-32(37)38/h4-9,12-15,18-21,29-30,33H,2-3,10-11,16-17,22-24H2,1H3,(H,34,36)(H,37,38). The Morgan fingerprint density at radius 3 is 2.15 bits per heavy atom. The fourth-order valence-electron chi connectivity index (χ4n) is 5.03. The lowest BCUT2D eigenvalue weighted by molar-refractivity contribution is -0.252. The number of likely N-dealkylation sites (N-methyl/N-ethyl adjacent to an activating group) is 1. The van der Waals surface area contributed by atoms with Crippen LogP contribution in [0.2, 0.25) is 0 Å². The van der Waals surface area contributed by atoms with Gasteiger partial charge in [-0.2, -0.15) is 0 Å². The third kappa shape index (κ3) is 9.59. The molecule has 0 spiro atoms. The van der Waals surface area contributed by atoms with E-state index in [-0.39, 0.29) is 24.5 Å². The van der Waals surface area contributed by atoms with Crippen molar-refractivity contribution in [3.63, 3.8) is 0 Å². The first kappa shape index (κ1) is 29.5. The van der Waals surface area contributed by atoms with Crippen LogP contribution in [0.4, 0.5) is 5.69 Å². The molecule has 40 heavy (non-hydrogen) atoms. The summed E-state index contributed by atoms with van der Waals surface area (Å²) >= 11 is 0. The number of unbranched alkanes of at least 4 members (excludes halogenated alkanes) is 3. The number of carboxylic acids is 1. The van der Waals surface area contributed by atoms with E-state index >= 15 is 0 Å². The van der Waals surface area contributed by atoms with Gasteiger partial charge < -0.3 is 19.9 Å². The Morgan fingerprint density at radius 1 is 0.825 bits per heavy atom. The fraction of sp³-hybridized carbons (Fsp3) is 0.394. The molecule has 2 N–H and O–H groups in total. The molecule has 3 aromatic carbocycles. The molecule has 3 atom stereocenters. The van der Waals surface area contributed by atoms with Gasteiger partial charge in [-0.3, -0.25) is 14.5 Å². The van der Waals surface area contributed by atoms with Gasteiger partial charge in [-0.15, -0.1) is 0 Å². The molecule has 1 aliphatic rings. The van der Waals surface area contributed by atoms with Gasteiger partial charge in [0.05, 0.1) is 12.2 Å². The Hall–Kier alpha value is -3.52. The molecule has 7 nitrogen and oxygen atoms in total. The summed E-state index contributed by atoms with van der Waals surface area (Å²) in [6.45, 7) is 1.63. The highest BCUT2D eigenvalue weighted by Gasteiger charge is 2.32. The van der Waals surface area contributed by atoms with Crippen molar-refractivity contribution in [2.24, 2.45) is 0 Å². The number of hydrogen-bond donors (Lipinski definition) is 2. The van der Waals surface area contributed by atoms with Gasteiger partial charge in [-0.05, 0) is 43.1 Å². The lowest BCUT2D eigenvalue weighted by Crippen LogP contribution is -2.37. The van der Waals surface area contributed by atoms with Crippen LogP contribution in [-0.2, 0) is 25.6 Å². The molecule has 0 aliphatic carbocycles. The van der Waals surface area contributed by atoms with Crippen molar-refractivity contribution < 1.29 is 24.2 Å². The quantitative estimate of drug-likeness (QED) is 0.219. The third-order valence-corrected chi connectivity index (χ3v) is 7.07. The smallest absolute Gasteiger partial charge is 0.303 e. The summed E-state index contributed by atoms with van der Waals surface area (Å²) < 4.78 is 12.9. The minimum absolute atomic E-state index is 0.00690. The Kier molecular flexibility index (Phi) is 11.3. The number of carboxylic acid groups (broad SMARTS) is 1. The molecule has 0 radical (unpaired) electrons. The highest BCUT2D eigenvalue weighted by Crippen LogP contribution is 2.38. The highest BCUT2D eigenvalue weighted by molar-refractivity contribution is 5.90. The molecule has 0 saturated carbocycles. The fourth-order valence-corrected chi connectivity index (χ4v) is 5.03. The van der Waals surface area contributed by atoms with E-state index in [9.17, 15) is 9.59 Å². The summed E-state index contributed by atoms with van der Waals surface area (Å²) in [6.07, 6.45) is 3.84. The van der Waals surface area contributed by atoms with E-state index in [1.807, 2.05) is 48.5 Å². The molecule has 4 rings (SSSR count). The molecule has 212 valence electrons. The van der Waals surface area contributed by atoms with Crippen LogP contribution in [0.5, 0.6) is 0 Å². The normalized spacial score (nSPS) is 18.9. The zero-order chi connectivity index (χ0) is 28.2. The van der Waals surface area contributed by atoms with E-state index in [1.165, 1.54) is 5.56 Å². The van der Waals surface area contributed by atoms with Crippen molar-refractivity contribution in [2.45, 2.75) is 70.0 Å². The van der Waals surface area contributed by atoms with Gasteiger partial charge in [0.15, 0.2) is 6.29 Å². The molecular weight excluding hydrogens is 504 g/mol. The molecule has 1 aliphatic heterocycles. The second-order valence-corrected chi connectivity index (χ2v) is 10.5. The van der Waals surface area contributed by atoms with Crippen molar-refractivity contribution in [1.82, 2.24) is 4.90 Å². The van der Waals surface area contributed by atoms with Crippen LogP contribution < -0.4 is 5.32 Å². The van der Waals surface area contributed by atoms with E-state index in [2.05, 4.69) is 53.7 Å². The molecule has 1 heterocycles. The van der Waals surface area contributed by atoms with Crippen molar-refractivity contribution in [3.8, 4) is 0 Å². The average Bonchev–Trinajstić information content (AvgIpc) is 2.96. The molecule has 1 saturated heterocycles. The molecule has 0 aromatic heterocycles. The van der Waals surface area contributed by atoms with Crippen molar-refractivity contribution in [1.29, 1.82) is 0 Å². The first-order chi connectivity index (χ1) is 19.5. The number of benzene rings is 3. The van der Waals surface area contributed by atoms with Crippen LogP contribution >= 0.6 is 0 Å². The SMILES string of the molecule is CN(Cc1ccccc1)CC1CC(c2ccccc2)OC(c2ccc(NC(=O)CCCCCCC(=O)O)cc2)O1. The predicted octanol–water partition coefficient (Wildman–Crippen LogP) is 6.73. The van der Waals surface area contributed by atoms with Gasteiger partial charge in [0, 0.05) is 43.6 Å². The second-order valence-electron chi connectivity index (χ2n) is 10.5. The molecule has 3 aromatic rings. The minimum atomic E-state index is -0.772. The highest BCUT2D eigenvalue weighted by atomic mass is 16.7. The van der Waals surface area contributed by atoms with E-state index in [0.717, 1.165) is 55.6 Å².